The van der Waals surface area contributed by atoms with E-state index >= 15 is 0 Å². The molecule has 0 bridgehead atoms. The summed E-state index contributed by atoms with van der Waals surface area (Å²) >= 11 is 0. The Morgan fingerprint density at radius 1 is 0.605 bits per heavy atom. The van der Waals surface area contributed by atoms with Gasteiger partial charge in [-0.2, -0.15) is 0 Å². The molecule has 0 amide bonds. The fraction of sp³-hybridized carbons (Fsp3) is 0.647. The fourth-order valence-electron chi connectivity index (χ4n) is 4.04. The predicted octanol–water partition coefficient (Wildman–Crippen LogP) is 10.2. The summed E-state index contributed by atoms with van der Waals surface area (Å²) < 4.78 is 5.82. The summed E-state index contributed by atoms with van der Waals surface area (Å²) in [5.74, 6) is -0.805. The van der Waals surface area contributed by atoms with Gasteiger partial charge in [0.2, 0.25) is 0 Å². The predicted molar refractivity (Wildman–Crippen MR) is 162 cm³/mol. The molecule has 0 aromatic heterocycles. The first-order valence-corrected chi connectivity index (χ1v) is 15.3. The van der Waals surface area contributed by atoms with Crippen LogP contribution in [0.25, 0.3) is 0 Å². The van der Waals surface area contributed by atoms with Gasteiger partial charge in [0.25, 0.3) is 0 Å². The molecule has 0 radical (unpaired) electrons. The quantitative estimate of drug-likeness (QED) is 0.0689. The molecule has 0 aliphatic heterocycles. The van der Waals surface area contributed by atoms with E-state index in [0.29, 0.717) is 6.42 Å². The van der Waals surface area contributed by atoms with E-state index in [1.54, 1.807) is 0 Å². The summed E-state index contributed by atoms with van der Waals surface area (Å²) in [7, 11) is 0. The van der Waals surface area contributed by atoms with Gasteiger partial charge in [0.05, 0.1) is 0 Å². The Hall–Kier alpha value is -2.36. The Balaban J connectivity index is 3.99. The average Bonchev–Trinajstić information content (AvgIpc) is 2.90. The van der Waals surface area contributed by atoms with Crippen molar-refractivity contribution in [1.29, 1.82) is 0 Å². The fourth-order valence-corrected chi connectivity index (χ4v) is 4.04. The van der Waals surface area contributed by atoms with Crippen LogP contribution in [0.2, 0.25) is 0 Å². The van der Waals surface area contributed by atoms with Crippen molar-refractivity contribution in [3.63, 3.8) is 0 Å². The molecule has 1 unspecified atom stereocenters. The van der Waals surface area contributed by atoms with E-state index < -0.39 is 5.97 Å². The number of hydrogen-bond donors (Lipinski definition) is 1. The van der Waals surface area contributed by atoms with E-state index in [4.69, 9.17) is 9.84 Å². The second-order valence-corrected chi connectivity index (χ2v) is 9.91. The second kappa shape index (κ2) is 29.2. The van der Waals surface area contributed by atoms with Gasteiger partial charge in [-0.05, 0) is 77.0 Å². The minimum absolute atomic E-state index is 0.00697. The van der Waals surface area contributed by atoms with Crippen LogP contribution in [0.4, 0.5) is 0 Å². The molecule has 4 heteroatoms. The van der Waals surface area contributed by atoms with E-state index in [1.807, 2.05) is 0 Å². The molecular weight excluding hydrogens is 472 g/mol. The highest BCUT2D eigenvalue weighted by molar-refractivity contribution is 5.69. The number of carbonyl (C=O) groups excluding carboxylic acids is 1. The van der Waals surface area contributed by atoms with Gasteiger partial charge in [0.1, 0.15) is 6.10 Å². The van der Waals surface area contributed by atoms with Crippen LogP contribution >= 0.6 is 0 Å². The van der Waals surface area contributed by atoms with Crippen LogP contribution in [-0.4, -0.2) is 23.1 Å². The third-order valence-electron chi connectivity index (χ3n) is 6.25. The number of allylic oxidation sites excluding steroid dienone is 10. The summed E-state index contributed by atoms with van der Waals surface area (Å²) in [5, 5.41) is 8.74. The highest BCUT2D eigenvalue weighted by Crippen LogP contribution is 2.17. The maximum Gasteiger partial charge on any atom is 0.306 e. The molecule has 1 N–H and O–H groups in total. The van der Waals surface area contributed by atoms with Gasteiger partial charge in [0, 0.05) is 12.8 Å². The van der Waals surface area contributed by atoms with E-state index in [9.17, 15) is 9.59 Å². The average molecular weight is 529 g/mol. The van der Waals surface area contributed by atoms with Crippen molar-refractivity contribution >= 4 is 11.9 Å². The molecule has 0 aliphatic carbocycles. The molecule has 216 valence electrons. The van der Waals surface area contributed by atoms with Crippen molar-refractivity contribution in [2.75, 3.05) is 0 Å². The third-order valence-corrected chi connectivity index (χ3v) is 6.25. The molecule has 0 spiro atoms. The molecule has 0 rings (SSSR count). The zero-order chi connectivity index (χ0) is 27.9. The zero-order valence-corrected chi connectivity index (χ0v) is 24.5. The van der Waals surface area contributed by atoms with Gasteiger partial charge in [-0.25, -0.2) is 0 Å². The molecule has 38 heavy (non-hydrogen) atoms. The number of ether oxygens (including phenoxy) is 1. The van der Waals surface area contributed by atoms with Gasteiger partial charge in [-0.1, -0.05) is 107 Å². The normalized spacial score (nSPS) is 13.1. The van der Waals surface area contributed by atoms with Crippen molar-refractivity contribution in [1.82, 2.24) is 0 Å². The molecule has 0 fully saturated rings. The Morgan fingerprint density at radius 3 is 1.63 bits per heavy atom. The molecule has 1 atom stereocenters. The Morgan fingerprint density at radius 2 is 1.11 bits per heavy atom. The maximum absolute atomic E-state index is 12.4. The smallest absolute Gasteiger partial charge is 0.306 e. The van der Waals surface area contributed by atoms with Crippen LogP contribution in [0.3, 0.4) is 0 Å². The van der Waals surface area contributed by atoms with Gasteiger partial charge < -0.3 is 9.84 Å². The van der Waals surface area contributed by atoms with Gasteiger partial charge in [0.15, 0.2) is 0 Å². The summed E-state index contributed by atoms with van der Waals surface area (Å²) in [6.45, 7) is 4.35. The Kier molecular flexibility index (Phi) is 27.4. The minimum atomic E-state index is -0.725. The molecule has 0 saturated carbocycles. The number of unbranched alkanes of at least 4 members (excludes halogenated alkanes) is 7. The lowest BCUT2D eigenvalue weighted by atomic mass is 10.0. The van der Waals surface area contributed by atoms with E-state index in [0.717, 1.165) is 89.9 Å². The van der Waals surface area contributed by atoms with Crippen LogP contribution in [0.5, 0.6) is 0 Å². The minimum Gasteiger partial charge on any atom is -0.481 e. The summed E-state index contributed by atoms with van der Waals surface area (Å²) in [5.41, 5.74) is 0. The van der Waals surface area contributed by atoms with E-state index in [-0.39, 0.29) is 18.5 Å². The summed E-state index contributed by atoms with van der Waals surface area (Å²) in [4.78, 5) is 23.0. The number of rotatable bonds is 26. The monoisotopic (exact) mass is 528 g/mol. The zero-order valence-electron chi connectivity index (χ0n) is 24.5. The number of carboxylic acids is 1. The molecular formula is C34H56O4. The number of carbonyl (C=O) groups is 2. The first-order valence-electron chi connectivity index (χ1n) is 15.3. The first-order chi connectivity index (χ1) is 18.6. The Labute approximate surface area is 234 Å². The second-order valence-electron chi connectivity index (χ2n) is 9.91. The molecule has 0 aromatic carbocycles. The van der Waals surface area contributed by atoms with Crippen LogP contribution < -0.4 is 0 Å². The van der Waals surface area contributed by atoms with E-state index in [1.165, 1.54) is 19.3 Å². The largest absolute Gasteiger partial charge is 0.481 e. The van der Waals surface area contributed by atoms with Crippen molar-refractivity contribution in [2.24, 2.45) is 0 Å². The number of carboxylic acid groups (broad SMARTS) is 1. The topological polar surface area (TPSA) is 63.6 Å². The highest BCUT2D eigenvalue weighted by atomic mass is 16.5. The van der Waals surface area contributed by atoms with Crippen molar-refractivity contribution in [3.8, 4) is 0 Å². The van der Waals surface area contributed by atoms with Crippen molar-refractivity contribution in [2.45, 2.75) is 142 Å². The van der Waals surface area contributed by atoms with Gasteiger partial charge in [-0.15, -0.1) is 0 Å². The maximum atomic E-state index is 12.4. The van der Waals surface area contributed by atoms with Gasteiger partial charge >= 0.3 is 11.9 Å². The SMILES string of the molecule is CC/C=C\C/C=C\C/C=C\C/C=C\C/C=C\CCCC(=O)OC(CCCCCC)CCCCCCC(=O)O. The highest BCUT2D eigenvalue weighted by Gasteiger charge is 2.14. The van der Waals surface area contributed by atoms with Gasteiger partial charge in [-0.3, -0.25) is 9.59 Å². The summed E-state index contributed by atoms with van der Waals surface area (Å²) in [6.07, 6.45) is 39.6. The third kappa shape index (κ3) is 28.2. The lowest BCUT2D eigenvalue weighted by Crippen LogP contribution is -2.18. The van der Waals surface area contributed by atoms with Crippen molar-refractivity contribution in [3.05, 3.63) is 60.8 Å². The number of aliphatic carboxylic acids is 1. The standard InChI is InChI=1S/C34H56O4/c1-3-5-7-9-10-11-12-13-14-15-16-17-18-19-20-21-27-31-34(37)38-32(28-24-8-6-4-2)29-25-22-23-26-30-33(35)36/h5,7,10-11,13-14,16-17,19-20,32H,3-4,6,8-9,12,15,18,21-31H2,1-2H3,(H,35,36)/b7-5-,11-10-,14-13-,17-16-,20-19-. The molecule has 4 nitrogen and oxygen atoms in total. The van der Waals surface area contributed by atoms with Crippen molar-refractivity contribution < 1.29 is 19.4 Å². The van der Waals surface area contributed by atoms with Crippen LogP contribution in [0.15, 0.2) is 60.8 Å². The van der Waals surface area contributed by atoms with Crippen LogP contribution in [0.1, 0.15) is 136 Å². The molecule has 0 saturated heterocycles. The molecule has 0 aromatic rings. The molecule has 0 aliphatic rings. The Bertz CT molecular complexity index is 699. The van der Waals surface area contributed by atoms with Crippen LogP contribution in [0, 0.1) is 0 Å². The van der Waals surface area contributed by atoms with Crippen LogP contribution in [-0.2, 0) is 14.3 Å². The molecule has 0 heterocycles. The first kappa shape index (κ1) is 35.6. The number of esters is 1. The lowest BCUT2D eigenvalue weighted by Gasteiger charge is -2.18. The van der Waals surface area contributed by atoms with E-state index in [2.05, 4.69) is 74.6 Å². The lowest BCUT2D eigenvalue weighted by molar-refractivity contribution is -0.150. The summed E-state index contributed by atoms with van der Waals surface area (Å²) in [6, 6.07) is 0. The number of hydrogen-bond acceptors (Lipinski definition) is 3.